The largest absolute Gasteiger partial charge is 0.495 e. The van der Waals surface area contributed by atoms with Crippen LogP contribution in [0.4, 0.5) is 5.69 Å². The maximum atomic E-state index is 8.90. The van der Waals surface area contributed by atoms with Gasteiger partial charge in [0.15, 0.2) is 0 Å². The van der Waals surface area contributed by atoms with Crippen LogP contribution < -0.4 is 10.5 Å². The number of hydrogen-bond acceptors (Lipinski definition) is 4. The van der Waals surface area contributed by atoms with Gasteiger partial charge in [-0.2, -0.15) is 0 Å². The van der Waals surface area contributed by atoms with Crippen molar-refractivity contribution in [3.63, 3.8) is 0 Å². The van der Waals surface area contributed by atoms with Crippen LogP contribution in [-0.4, -0.2) is 24.1 Å². The van der Waals surface area contributed by atoms with Gasteiger partial charge in [-0.1, -0.05) is 6.92 Å². The van der Waals surface area contributed by atoms with Crippen molar-refractivity contribution in [1.82, 2.24) is 0 Å². The molecule has 0 radical (unpaired) electrons. The van der Waals surface area contributed by atoms with Crippen LogP contribution in [0.15, 0.2) is 23.1 Å². The normalized spacial score (nSPS) is 12.5. The van der Waals surface area contributed by atoms with Gasteiger partial charge >= 0.3 is 0 Å². The van der Waals surface area contributed by atoms with E-state index in [1.54, 1.807) is 18.9 Å². The Morgan fingerprint density at radius 2 is 2.29 bits per heavy atom. The highest BCUT2D eigenvalue weighted by atomic mass is 32.2. The van der Waals surface area contributed by atoms with Gasteiger partial charge in [0.05, 0.1) is 19.4 Å². The van der Waals surface area contributed by atoms with E-state index in [2.05, 4.69) is 0 Å². The second kappa shape index (κ2) is 5.12. The molecule has 0 amide bonds. The number of thioether (sulfide) groups is 1. The first kappa shape index (κ1) is 11.2. The van der Waals surface area contributed by atoms with E-state index in [4.69, 9.17) is 15.6 Å². The maximum absolute atomic E-state index is 8.90. The molecule has 0 saturated carbocycles. The van der Waals surface area contributed by atoms with Gasteiger partial charge < -0.3 is 15.6 Å². The zero-order valence-corrected chi connectivity index (χ0v) is 9.17. The molecule has 3 N–H and O–H groups in total. The zero-order chi connectivity index (χ0) is 10.6. The Labute approximate surface area is 88.3 Å². The summed E-state index contributed by atoms with van der Waals surface area (Å²) in [4.78, 5) is 1.05. The second-order valence-corrected chi connectivity index (χ2v) is 4.53. The quantitative estimate of drug-likeness (QED) is 0.591. The van der Waals surface area contributed by atoms with Crippen molar-refractivity contribution in [2.45, 2.75) is 17.1 Å². The number of methoxy groups -OCH3 is 1. The zero-order valence-electron chi connectivity index (χ0n) is 8.36. The molecular formula is C10H15NO2S. The molecule has 3 nitrogen and oxygen atoms in total. The highest BCUT2D eigenvalue weighted by molar-refractivity contribution is 8.00. The van der Waals surface area contributed by atoms with Crippen LogP contribution >= 0.6 is 11.8 Å². The SMILES string of the molecule is COc1cc(SC(C)CO)ccc1N. The Morgan fingerprint density at radius 3 is 2.86 bits per heavy atom. The van der Waals surface area contributed by atoms with Crippen molar-refractivity contribution >= 4 is 17.4 Å². The highest BCUT2D eigenvalue weighted by Crippen LogP contribution is 2.30. The van der Waals surface area contributed by atoms with Gasteiger partial charge in [0.1, 0.15) is 5.75 Å². The molecule has 0 saturated heterocycles. The number of nitrogens with two attached hydrogens (primary N) is 1. The van der Waals surface area contributed by atoms with Crippen molar-refractivity contribution in [2.75, 3.05) is 19.5 Å². The Balaban J connectivity index is 2.79. The number of benzene rings is 1. The van der Waals surface area contributed by atoms with E-state index in [1.165, 1.54) is 0 Å². The van der Waals surface area contributed by atoms with Gasteiger partial charge in [-0.05, 0) is 18.2 Å². The molecule has 4 heteroatoms. The molecule has 0 bridgehead atoms. The third-order valence-electron chi connectivity index (χ3n) is 1.80. The summed E-state index contributed by atoms with van der Waals surface area (Å²) in [6.07, 6.45) is 0. The van der Waals surface area contributed by atoms with Gasteiger partial charge in [-0.15, -0.1) is 11.8 Å². The molecule has 1 atom stereocenters. The van der Waals surface area contributed by atoms with E-state index in [1.807, 2.05) is 25.1 Å². The Kier molecular flexibility index (Phi) is 4.10. The molecule has 0 aliphatic carbocycles. The average Bonchev–Trinajstić information content (AvgIpc) is 2.20. The summed E-state index contributed by atoms with van der Waals surface area (Å²) in [6.45, 7) is 2.13. The first-order valence-corrected chi connectivity index (χ1v) is 5.26. The first-order valence-electron chi connectivity index (χ1n) is 4.38. The number of anilines is 1. The van der Waals surface area contributed by atoms with Crippen LogP contribution in [0.3, 0.4) is 0 Å². The van der Waals surface area contributed by atoms with Crippen molar-refractivity contribution in [3.8, 4) is 5.75 Å². The monoisotopic (exact) mass is 213 g/mol. The summed E-state index contributed by atoms with van der Waals surface area (Å²) in [7, 11) is 1.59. The van der Waals surface area contributed by atoms with E-state index in [0.717, 1.165) is 4.90 Å². The van der Waals surface area contributed by atoms with Crippen molar-refractivity contribution in [1.29, 1.82) is 0 Å². The molecule has 78 valence electrons. The summed E-state index contributed by atoms with van der Waals surface area (Å²) in [5.74, 6) is 0.681. The lowest BCUT2D eigenvalue weighted by Crippen LogP contribution is -2.01. The predicted molar refractivity (Wildman–Crippen MR) is 59.8 cm³/mol. The standard InChI is InChI=1S/C10H15NO2S/c1-7(6-12)14-8-3-4-9(11)10(5-8)13-2/h3-5,7,12H,6,11H2,1-2H3. The topological polar surface area (TPSA) is 55.5 Å². The van der Waals surface area contributed by atoms with Gasteiger partial charge in [-0.25, -0.2) is 0 Å². The fourth-order valence-corrected chi connectivity index (χ4v) is 1.90. The predicted octanol–water partition coefficient (Wildman–Crippen LogP) is 1.75. The molecule has 14 heavy (non-hydrogen) atoms. The van der Waals surface area contributed by atoms with Crippen LogP contribution in [0.1, 0.15) is 6.92 Å². The number of hydrogen-bond donors (Lipinski definition) is 2. The van der Waals surface area contributed by atoms with E-state index in [0.29, 0.717) is 11.4 Å². The van der Waals surface area contributed by atoms with Gasteiger partial charge in [-0.3, -0.25) is 0 Å². The Bertz CT molecular complexity index is 304. The summed E-state index contributed by atoms with van der Waals surface area (Å²) in [5.41, 5.74) is 6.31. The first-order chi connectivity index (χ1) is 6.67. The molecule has 0 aliphatic heterocycles. The fourth-order valence-electron chi connectivity index (χ4n) is 1.03. The minimum absolute atomic E-state index is 0.164. The van der Waals surface area contributed by atoms with E-state index >= 15 is 0 Å². The lowest BCUT2D eigenvalue weighted by atomic mass is 10.3. The lowest BCUT2D eigenvalue weighted by molar-refractivity contribution is 0.300. The third-order valence-corrected chi connectivity index (χ3v) is 2.88. The molecular weight excluding hydrogens is 198 g/mol. The number of ether oxygens (including phenoxy) is 1. The summed E-state index contributed by atoms with van der Waals surface area (Å²) in [6, 6.07) is 5.62. The summed E-state index contributed by atoms with van der Waals surface area (Å²) >= 11 is 1.60. The van der Waals surface area contributed by atoms with Crippen molar-refractivity contribution in [3.05, 3.63) is 18.2 Å². The number of aliphatic hydroxyl groups is 1. The lowest BCUT2D eigenvalue weighted by Gasteiger charge is -2.10. The van der Waals surface area contributed by atoms with Crippen LogP contribution in [0.25, 0.3) is 0 Å². The molecule has 1 rings (SSSR count). The highest BCUT2D eigenvalue weighted by Gasteiger charge is 2.05. The Morgan fingerprint density at radius 1 is 1.57 bits per heavy atom. The molecule has 0 aromatic heterocycles. The minimum atomic E-state index is 0.164. The molecule has 1 unspecified atom stereocenters. The third kappa shape index (κ3) is 2.82. The maximum Gasteiger partial charge on any atom is 0.142 e. The molecule has 1 aromatic rings. The Hall–Kier alpha value is -0.870. The average molecular weight is 213 g/mol. The van der Waals surface area contributed by atoms with Crippen LogP contribution in [0, 0.1) is 0 Å². The smallest absolute Gasteiger partial charge is 0.142 e. The van der Waals surface area contributed by atoms with Crippen LogP contribution in [-0.2, 0) is 0 Å². The van der Waals surface area contributed by atoms with Crippen molar-refractivity contribution < 1.29 is 9.84 Å². The molecule has 1 aromatic carbocycles. The van der Waals surface area contributed by atoms with Crippen LogP contribution in [0.2, 0.25) is 0 Å². The number of aliphatic hydroxyl groups excluding tert-OH is 1. The molecule has 0 spiro atoms. The fraction of sp³-hybridized carbons (Fsp3) is 0.400. The van der Waals surface area contributed by atoms with Crippen LogP contribution in [0.5, 0.6) is 5.75 Å². The van der Waals surface area contributed by atoms with E-state index in [9.17, 15) is 0 Å². The second-order valence-electron chi connectivity index (χ2n) is 3.01. The summed E-state index contributed by atoms with van der Waals surface area (Å²) < 4.78 is 5.10. The van der Waals surface area contributed by atoms with E-state index < -0.39 is 0 Å². The number of nitrogen functional groups attached to an aromatic ring is 1. The van der Waals surface area contributed by atoms with Gasteiger partial charge in [0.25, 0.3) is 0 Å². The van der Waals surface area contributed by atoms with E-state index in [-0.39, 0.29) is 11.9 Å². The molecule has 0 fully saturated rings. The van der Waals surface area contributed by atoms with Crippen molar-refractivity contribution in [2.24, 2.45) is 0 Å². The van der Waals surface area contributed by atoms with Gasteiger partial charge in [0, 0.05) is 10.1 Å². The van der Waals surface area contributed by atoms with Gasteiger partial charge in [0.2, 0.25) is 0 Å². The summed E-state index contributed by atoms with van der Waals surface area (Å²) in [5, 5.41) is 9.08. The minimum Gasteiger partial charge on any atom is -0.495 e. The molecule has 0 heterocycles. The number of rotatable bonds is 4. The molecule has 0 aliphatic rings.